The van der Waals surface area contributed by atoms with Crippen LogP contribution in [-0.4, -0.2) is 15.0 Å². The maximum absolute atomic E-state index is 6.09. The zero-order valence-electron chi connectivity index (χ0n) is 67.2. The Hall–Kier alpha value is -15.5. The Labute approximate surface area is 737 Å². The summed E-state index contributed by atoms with van der Waals surface area (Å²) in [5.74, 6) is 0. The molecule has 0 fully saturated rings. The van der Waals surface area contributed by atoms with Crippen molar-refractivity contribution in [1.29, 1.82) is 0 Å². The average molecular weight is 1650 g/mol. The molecule has 9 heteroatoms. The van der Waals surface area contributed by atoms with E-state index in [9.17, 15) is 0 Å². The molecule has 0 amide bonds. The van der Waals surface area contributed by atoms with Crippen LogP contribution in [-0.2, 0) is 0 Å². The number of aryl methyl sites for hydroxylation is 6. The zero-order valence-corrected chi connectivity index (χ0v) is 67.2. The molecule has 9 nitrogen and oxygen atoms in total. The maximum atomic E-state index is 6.09. The number of aromatic nitrogens is 3. The molecule has 0 atom stereocenters. The lowest BCUT2D eigenvalue weighted by molar-refractivity contribution is 0.654. The molecule has 0 N–H and O–H groups in total. The van der Waals surface area contributed by atoms with Crippen molar-refractivity contribution in [3.05, 3.63) is 416 Å². The lowest BCUT2D eigenvalue weighted by atomic mass is 9.98. The molecule has 624 valence electrons. The van der Waals surface area contributed by atoms with E-state index in [2.05, 4.69) is 354 Å². The van der Waals surface area contributed by atoms with Gasteiger partial charge in [0.1, 0.15) is 50.2 Å². The standard InChI is InChI=1S/3C19H14O.3C18H13NO.6CH4/c1-13-6-4-7-14(12-13)15-9-5-10-17-16-8-2-3-11-18(16)20-19(15)17;1-13-7-2-3-8-14(13)16-10-6-11-17-15-9-4-5-12-18(15)20-19(16)17;1-13-9-11-14(12-10-13)15-6-4-7-17-16-5-2-3-8-18(16)20-19(15)17;1-12-5-2-6-13(11-12)14-7-3-8-15-16-9-4-10-19-18(16)20-17(14)15;1-12-7-9-13(10-8-12)14-4-2-5-15-16-6-3-11-19-18(16)20-17(14)15;1-12-6-2-3-7-13(12)14-8-4-9-15-16-10-5-11-19-18(16)20-17(14)15;;;;;;/h3*2-12H,1H3;3*2-11H,1H3;6*1H4. The van der Waals surface area contributed by atoms with Crippen LogP contribution in [0.25, 0.3) is 199 Å². The third kappa shape index (κ3) is 17.4. The van der Waals surface area contributed by atoms with Gasteiger partial charge in [0, 0.05) is 117 Å². The van der Waals surface area contributed by atoms with Gasteiger partial charge in [-0.1, -0.05) is 376 Å². The van der Waals surface area contributed by atoms with E-state index in [4.69, 9.17) is 26.5 Å². The summed E-state index contributed by atoms with van der Waals surface area (Å²) < 4.78 is 36.1. The molecule has 0 aliphatic rings. The summed E-state index contributed by atoms with van der Waals surface area (Å²) in [6, 6.07) is 125. The first-order valence-electron chi connectivity index (χ1n) is 40.4. The molecule has 0 radical (unpaired) electrons. The number of hydrogen-bond donors (Lipinski definition) is 0. The van der Waals surface area contributed by atoms with E-state index in [1.54, 1.807) is 18.6 Å². The molecule has 9 heterocycles. The number of benzene rings is 15. The Morgan fingerprint density at radius 3 is 0.730 bits per heavy atom. The van der Waals surface area contributed by atoms with E-state index in [1.165, 1.54) is 99.1 Å². The van der Waals surface area contributed by atoms with Gasteiger partial charge in [-0.25, -0.2) is 15.0 Å². The predicted molar refractivity (Wildman–Crippen MR) is 537 cm³/mol. The number of fused-ring (bicyclic) bond motifs is 18. The Bertz CT molecular complexity index is 7420. The van der Waals surface area contributed by atoms with E-state index in [1.807, 2.05) is 66.7 Å². The molecular formula is C117H105N3O6. The maximum Gasteiger partial charge on any atom is 0.227 e. The van der Waals surface area contributed by atoms with Crippen LogP contribution in [0.2, 0.25) is 0 Å². The fourth-order valence-corrected chi connectivity index (χ4v) is 16.3. The third-order valence-electron chi connectivity index (χ3n) is 22.3. The summed E-state index contributed by atoms with van der Waals surface area (Å²) in [6.07, 6.45) is 5.28. The van der Waals surface area contributed by atoms with Gasteiger partial charge in [0.25, 0.3) is 0 Å². The fourth-order valence-electron chi connectivity index (χ4n) is 16.3. The van der Waals surface area contributed by atoms with E-state index in [0.717, 1.165) is 116 Å². The molecule has 0 saturated heterocycles. The highest BCUT2D eigenvalue weighted by molar-refractivity contribution is 6.14. The molecule has 15 aromatic carbocycles. The van der Waals surface area contributed by atoms with Crippen molar-refractivity contribution in [3.63, 3.8) is 0 Å². The van der Waals surface area contributed by atoms with Crippen molar-refractivity contribution in [1.82, 2.24) is 15.0 Å². The molecular weight excluding hydrogens is 1540 g/mol. The van der Waals surface area contributed by atoms with Crippen molar-refractivity contribution < 1.29 is 26.5 Å². The average Bonchev–Trinajstić information content (AvgIpc) is 1.65. The normalized spacial score (nSPS) is 10.7. The molecule has 0 spiro atoms. The van der Waals surface area contributed by atoms with E-state index in [0.29, 0.717) is 17.1 Å². The Kier molecular flexibility index (Phi) is 27.2. The van der Waals surface area contributed by atoms with Crippen LogP contribution >= 0.6 is 0 Å². The summed E-state index contributed by atoms with van der Waals surface area (Å²) in [5, 5.41) is 13.6. The lowest BCUT2D eigenvalue weighted by Crippen LogP contribution is -1.82. The number of furan rings is 6. The van der Waals surface area contributed by atoms with Gasteiger partial charge in [-0.2, -0.15) is 0 Å². The van der Waals surface area contributed by atoms with Gasteiger partial charge < -0.3 is 26.5 Å². The van der Waals surface area contributed by atoms with Crippen LogP contribution in [0.5, 0.6) is 0 Å². The van der Waals surface area contributed by atoms with Crippen molar-refractivity contribution >= 4 is 132 Å². The summed E-state index contributed by atoms with van der Waals surface area (Å²) in [6.45, 7) is 12.7. The molecule has 0 aliphatic heterocycles. The smallest absolute Gasteiger partial charge is 0.227 e. The van der Waals surface area contributed by atoms with Crippen LogP contribution in [0.3, 0.4) is 0 Å². The van der Waals surface area contributed by atoms with Gasteiger partial charge in [0.15, 0.2) is 0 Å². The first kappa shape index (κ1) is 88.3. The topological polar surface area (TPSA) is 118 Å². The molecule has 126 heavy (non-hydrogen) atoms. The van der Waals surface area contributed by atoms with Gasteiger partial charge in [0.2, 0.25) is 17.1 Å². The summed E-state index contributed by atoms with van der Waals surface area (Å²) in [5.41, 5.74) is 32.1. The number of pyridine rings is 3. The minimum atomic E-state index is 0. The van der Waals surface area contributed by atoms with Crippen molar-refractivity contribution in [2.45, 2.75) is 86.1 Å². The van der Waals surface area contributed by atoms with Crippen LogP contribution < -0.4 is 0 Å². The molecule has 0 aliphatic carbocycles. The highest BCUT2D eigenvalue weighted by atomic mass is 16.4. The van der Waals surface area contributed by atoms with Gasteiger partial charge in [-0.15, -0.1) is 0 Å². The molecule has 0 saturated carbocycles. The summed E-state index contributed by atoms with van der Waals surface area (Å²) in [4.78, 5) is 12.9. The lowest BCUT2D eigenvalue weighted by Gasteiger charge is -2.06. The number of para-hydroxylation sites is 9. The highest BCUT2D eigenvalue weighted by Gasteiger charge is 2.20. The second-order valence-electron chi connectivity index (χ2n) is 30.4. The summed E-state index contributed by atoms with van der Waals surface area (Å²) in [7, 11) is 0. The van der Waals surface area contributed by atoms with Crippen LogP contribution in [0.4, 0.5) is 0 Å². The van der Waals surface area contributed by atoms with E-state index < -0.39 is 0 Å². The first-order valence-corrected chi connectivity index (χ1v) is 40.4. The monoisotopic (exact) mass is 1650 g/mol. The van der Waals surface area contributed by atoms with Crippen LogP contribution in [0.15, 0.2) is 409 Å². The van der Waals surface area contributed by atoms with Crippen LogP contribution in [0, 0.1) is 41.5 Å². The highest BCUT2D eigenvalue weighted by Crippen LogP contribution is 2.43. The van der Waals surface area contributed by atoms with Crippen molar-refractivity contribution in [2.75, 3.05) is 0 Å². The minimum Gasteiger partial charge on any atom is -0.455 e. The van der Waals surface area contributed by atoms with Gasteiger partial charge in [-0.3, -0.25) is 0 Å². The molecule has 9 aromatic heterocycles. The van der Waals surface area contributed by atoms with Gasteiger partial charge in [0.05, 0.1) is 0 Å². The summed E-state index contributed by atoms with van der Waals surface area (Å²) >= 11 is 0. The second kappa shape index (κ2) is 38.7. The third-order valence-corrected chi connectivity index (χ3v) is 22.3. The zero-order chi connectivity index (χ0) is 81.2. The molecule has 0 unspecified atom stereocenters. The largest absolute Gasteiger partial charge is 0.455 e. The second-order valence-corrected chi connectivity index (χ2v) is 30.4. The van der Waals surface area contributed by atoms with Gasteiger partial charge in [-0.05, 0) is 141 Å². The molecule has 24 aromatic rings. The predicted octanol–water partition coefficient (Wildman–Crippen LogP) is 35.4. The van der Waals surface area contributed by atoms with Crippen LogP contribution in [0.1, 0.15) is 77.9 Å². The first-order chi connectivity index (χ1) is 59.0. The Morgan fingerprint density at radius 1 is 0.167 bits per heavy atom. The Balaban J connectivity index is 0.000000128. The van der Waals surface area contributed by atoms with Crippen molar-refractivity contribution in [2.24, 2.45) is 0 Å². The minimum absolute atomic E-state index is 0. The fraction of sp³-hybridized carbons (Fsp3) is 0.103. The number of rotatable bonds is 6. The Morgan fingerprint density at radius 2 is 0.405 bits per heavy atom. The molecule has 0 bridgehead atoms. The number of hydrogen-bond acceptors (Lipinski definition) is 9. The molecule has 24 rings (SSSR count). The van der Waals surface area contributed by atoms with Crippen molar-refractivity contribution in [3.8, 4) is 66.8 Å². The SMILES string of the molecule is C.C.C.C.C.C.Cc1ccc(-c2cccc3c2oc2ccccc23)cc1.Cc1ccc(-c2cccc3c2oc2ncccc23)cc1.Cc1cccc(-c2cccc3c2oc2ccccc23)c1.Cc1cccc(-c2cccc3c2oc2ncccc23)c1.Cc1ccccc1-c1cccc2c1oc1ccccc12.Cc1ccccc1-c1cccc2c1oc1ncccc12. The van der Waals surface area contributed by atoms with E-state index in [-0.39, 0.29) is 44.6 Å². The van der Waals surface area contributed by atoms with E-state index >= 15 is 0 Å². The van der Waals surface area contributed by atoms with Gasteiger partial charge >= 0.3 is 0 Å². The number of nitrogens with zero attached hydrogens (tertiary/aromatic N) is 3. The quantitative estimate of drug-likeness (QED) is 0.160.